The Hall–Kier alpha value is -1.38. The third-order valence-corrected chi connectivity index (χ3v) is 5.00. The Bertz CT molecular complexity index is 715. The molecule has 9 heteroatoms. The highest BCUT2D eigenvalue weighted by Gasteiger charge is 2.15. The summed E-state index contributed by atoms with van der Waals surface area (Å²) in [4.78, 5) is 12.5. The molecule has 0 saturated heterocycles. The van der Waals surface area contributed by atoms with E-state index in [-0.39, 0.29) is 5.69 Å². The summed E-state index contributed by atoms with van der Waals surface area (Å²) in [6, 6.07) is 4.52. The van der Waals surface area contributed by atoms with Crippen molar-refractivity contribution >= 4 is 56.5 Å². The third-order valence-electron chi connectivity index (χ3n) is 3.23. The molecule has 0 aliphatic heterocycles. The summed E-state index contributed by atoms with van der Waals surface area (Å²) >= 11 is 12.9. The van der Waals surface area contributed by atoms with Crippen molar-refractivity contribution < 1.29 is 4.92 Å². The van der Waals surface area contributed by atoms with Crippen molar-refractivity contribution in [3.63, 3.8) is 0 Å². The van der Waals surface area contributed by atoms with Gasteiger partial charge in [-0.15, -0.1) is 0 Å². The van der Waals surface area contributed by atoms with E-state index in [4.69, 9.17) is 23.8 Å². The van der Waals surface area contributed by atoms with Gasteiger partial charge in [-0.3, -0.25) is 14.8 Å². The van der Waals surface area contributed by atoms with Gasteiger partial charge >= 0.3 is 0 Å². The Kier molecular flexibility index (Phi) is 5.60. The maximum atomic E-state index is 10.9. The zero-order valence-corrected chi connectivity index (χ0v) is 14.5. The Labute approximate surface area is 142 Å². The van der Waals surface area contributed by atoms with Crippen LogP contribution in [0.5, 0.6) is 0 Å². The topological polar surface area (TPSA) is 64.2 Å². The highest BCUT2D eigenvalue weighted by molar-refractivity contribution is 8.22. The number of nitrogens with zero attached hydrogens (tertiary/aromatic N) is 4. The molecular weight excluding hydrogens is 344 g/mol. The van der Waals surface area contributed by atoms with Crippen molar-refractivity contribution in [1.82, 2.24) is 14.7 Å². The van der Waals surface area contributed by atoms with E-state index >= 15 is 0 Å². The Morgan fingerprint density at radius 1 is 1.50 bits per heavy atom. The first-order chi connectivity index (χ1) is 10.5. The van der Waals surface area contributed by atoms with Gasteiger partial charge in [-0.1, -0.05) is 35.6 Å². The van der Waals surface area contributed by atoms with Crippen LogP contribution in [0, 0.1) is 10.1 Å². The van der Waals surface area contributed by atoms with Gasteiger partial charge in [0.2, 0.25) is 0 Å². The summed E-state index contributed by atoms with van der Waals surface area (Å²) in [6.45, 7) is 5.77. The van der Waals surface area contributed by atoms with Crippen LogP contribution >= 0.6 is 35.6 Å². The molecule has 2 aromatic rings. The van der Waals surface area contributed by atoms with Crippen molar-refractivity contribution in [1.29, 1.82) is 0 Å². The summed E-state index contributed by atoms with van der Waals surface area (Å²) in [5, 5.41) is 16.2. The normalized spacial score (nSPS) is 10.9. The van der Waals surface area contributed by atoms with Gasteiger partial charge < -0.3 is 4.90 Å². The molecule has 0 saturated carbocycles. The second-order valence-electron chi connectivity index (χ2n) is 4.46. The van der Waals surface area contributed by atoms with Crippen molar-refractivity contribution in [3.05, 3.63) is 33.5 Å². The third kappa shape index (κ3) is 3.50. The number of nitro groups is 1. The predicted octanol–water partition coefficient (Wildman–Crippen LogP) is 3.92. The first kappa shape index (κ1) is 17.0. The van der Waals surface area contributed by atoms with Crippen LogP contribution in [0.25, 0.3) is 10.9 Å². The molecule has 0 bridgehead atoms. The minimum absolute atomic E-state index is 0.0154. The SMILES string of the molecule is CCN(CC)C(=S)SCn1nc(Cl)c2ccc([N+](=O)[O-])cc21. The number of fused-ring (bicyclic) bond motifs is 1. The minimum atomic E-state index is -0.432. The molecule has 0 radical (unpaired) electrons. The molecule has 0 atom stereocenters. The lowest BCUT2D eigenvalue weighted by molar-refractivity contribution is -0.384. The fraction of sp³-hybridized carbons (Fsp3) is 0.385. The molecule has 0 unspecified atom stereocenters. The van der Waals surface area contributed by atoms with Crippen LogP contribution in [0.15, 0.2) is 18.2 Å². The highest BCUT2D eigenvalue weighted by atomic mass is 35.5. The van der Waals surface area contributed by atoms with Crippen molar-refractivity contribution in [3.8, 4) is 0 Å². The van der Waals surface area contributed by atoms with Gasteiger partial charge in [0.05, 0.1) is 16.3 Å². The zero-order valence-electron chi connectivity index (χ0n) is 12.2. The number of thiocarbonyl (C=S) groups is 1. The highest BCUT2D eigenvalue weighted by Crippen LogP contribution is 2.28. The van der Waals surface area contributed by atoms with Crippen LogP contribution in [-0.2, 0) is 5.88 Å². The molecule has 2 rings (SSSR count). The molecule has 0 N–H and O–H groups in total. The van der Waals surface area contributed by atoms with Crippen LogP contribution < -0.4 is 0 Å². The molecule has 0 fully saturated rings. The molecular formula is C13H15ClN4O2S2. The van der Waals surface area contributed by atoms with Gasteiger partial charge in [0.1, 0.15) is 4.32 Å². The van der Waals surface area contributed by atoms with Gasteiger partial charge in [-0.25, -0.2) is 0 Å². The number of rotatable bonds is 5. The number of benzene rings is 1. The van der Waals surface area contributed by atoms with Crippen molar-refractivity contribution in [2.45, 2.75) is 19.7 Å². The molecule has 0 amide bonds. The lowest BCUT2D eigenvalue weighted by Crippen LogP contribution is -2.27. The van der Waals surface area contributed by atoms with E-state index in [1.54, 1.807) is 10.7 Å². The van der Waals surface area contributed by atoms with E-state index in [2.05, 4.69) is 10.00 Å². The maximum Gasteiger partial charge on any atom is 0.271 e. The molecule has 0 aliphatic carbocycles. The monoisotopic (exact) mass is 358 g/mol. The lowest BCUT2D eigenvalue weighted by Gasteiger charge is -2.20. The van der Waals surface area contributed by atoms with Crippen LogP contribution in [-0.4, -0.2) is 37.0 Å². The van der Waals surface area contributed by atoms with Gasteiger partial charge in [0.25, 0.3) is 5.69 Å². The Morgan fingerprint density at radius 2 is 2.18 bits per heavy atom. The molecule has 118 valence electrons. The first-order valence-electron chi connectivity index (χ1n) is 6.70. The van der Waals surface area contributed by atoms with Crippen LogP contribution in [0.4, 0.5) is 5.69 Å². The van der Waals surface area contributed by atoms with Gasteiger partial charge in [0, 0.05) is 30.6 Å². The zero-order chi connectivity index (χ0) is 16.3. The quantitative estimate of drug-likeness (QED) is 0.458. The molecule has 1 aromatic carbocycles. The van der Waals surface area contributed by atoms with Crippen molar-refractivity contribution in [2.75, 3.05) is 13.1 Å². The number of nitro benzene ring substituents is 1. The predicted molar refractivity (Wildman–Crippen MR) is 94.5 cm³/mol. The summed E-state index contributed by atoms with van der Waals surface area (Å²) < 4.78 is 2.42. The molecule has 1 aromatic heterocycles. The standard InChI is InChI=1S/C13H15ClN4O2S2/c1-3-16(4-2)13(21)22-8-17-11-7-9(18(19)20)5-6-10(11)12(14)15-17/h5-7H,3-4,8H2,1-2H3. The summed E-state index contributed by atoms with van der Waals surface area (Å²) in [5.74, 6) is 0.458. The van der Waals surface area contributed by atoms with E-state index < -0.39 is 4.92 Å². The van der Waals surface area contributed by atoms with Gasteiger partial charge in [-0.2, -0.15) is 5.10 Å². The Balaban J connectivity index is 2.25. The van der Waals surface area contributed by atoms with Gasteiger partial charge in [-0.05, 0) is 19.9 Å². The summed E-state index contributed by atoms with van der Waals surface area (Å²) in [5.41, 5.74) is 0.649. The van der Waals surface area contributed by atoms with Crippen LogP contribution in [0.2, 0.25) is 5.15 Å². The molecule has 1 heterocycles. The fourth-order valence-corrected chi connectivity index (χ4v) is 3.56. The summed E-state index contributed by atoms with van der Waals surface area (Å²) in [7, 11) is 0. The van der Waals surface area contributed by atoms with E-state index in [0.717, 1.165) is 17.4 Å². The Morgan fingerprint density at radius 3 is 2.77 bits per heavy atom. The number of hydrogen-bond donors (Lipinski definition) is 0. The maximum absolute atomic E-state index is 10.9. The van der Waals surface area contributed by atoms with Crippen molar-refractivity contribution in [2.24, 2.45) is 0 Å². The number of thioether (sulfide) groups is 1. The largest absolute Gasteiger partial charge is 0.358 e. The fourth-order valence-electron chi connectivity index (χ4n) is 2.02. The second-order valence-corrected chi connectivity index (χ2v) is 6.40. The number of non-ortho nitro benzene ring substituents is 1. The average Bonchev–Trinajstić information content (AvgIpc) is 2.82. The lowest BCUT2D eigenvalue weighted by atomic mass is 10.2. The number of hydrogen-bond acceptors (Lipinski definition) is 5. The summed E-state index contributed by atoms with van der Waals surface area (Å²) in [6.07, 6.45) is 0. The number of aromatic nitrogens is 2. The second kappa shape index (κ2) is 7.26. The molecule has 0 aliphatic rings. The van der Waals surface area contributed by atoms with Gasteiger partial charge in [0.15, 0.2) is 5.15 Å². The minimum Gasteiger partial charge on any atom is -0.358 e. The number of halogens is 1. The van der Waals surface area contributed by atoms with E-state index in [0.29, 0.717) is 21.9 Å². The smallest absolute Gasteiger partial charge is 0.271 e. The van der Waals surface area contributed by atoms with Crippen LogP contribution in [0.1, 0.15) is 13.8 Å². The van der Waals surface area contributed by atoms with E-state index in [1.165, 1.54) is 23.9 Å². The average molecular weight is 359 g/mol. The van der Waals surface area contributed by atoms with Crippen LogP contribution in [0.3, 0.4) is 0 Å². The first-order valence-corrected chi connectivity index (χ1v) is 8.47. The molecule has 22 heavy (non-hydrogen) atoms. The van der Waals surface area contributed by atoms with E-state index in [1.807, 2.05) is 13.8 Å². The molecule has 0 spiro atoms. The van der Waals surface area contributed by atoms with E-state index in [9.17, 15) is 10.1 Å². The molecule has 6 nitrogen and oxygen atoms in total.